The number of ether oxygens (including phenoxy) is 1. The number of benzene rings is 1. The van der Waals surface area contributed by atoms with Gasteiger partial charge in [0.2, 0.25) is 0 Å². The van der Waals surface area contributed by atoms with Gasteiger partial charge in [0, 0.05) is 25.8 Å². The molecular formula is C22H23FN4O6. The predicted octanol–water partition coefficient (Wildman–Crippen LogP) is 0.910. The first kappa shape index (κ1) is 23.7. The van der Waals surface area contributed by atoms with E-state index in [1.807, 2.05) is 0 Å². The van der Waals surface area contributed by atoms with E-state index in [1.54, 1.807) is 18.2 Å². The van der Waals surface area contributed by atoms with Gasteiger partial charge in [0.15, 0.2) is 5.75 Å². The minimum atomic E-state index is -0.861. The summed E-state index contributed by atoms with van der Waals surface area (Å²) in [6, 6.07) is 7.56. The molecule has 3 rings (SSSR count). The van der Waals surface area contributed by atoms with Crippen LogP contribution in [-0.4, -0.2) is 58.6 Å². The number of halogens is 1. The van der Waals surface area contributed by atoms with Gasteiger partial charge in [0.1, 0.15) is 16.9 Å². The molecule has 0 aliphatic heterocycles. The van der Waals surface area contributed by atoms with Crippen molar-refractivity contribution in [1.82, 2.24) is 20.2 Å². The molecule has 33 heavy (non-hydrogen) atoms. The minimum Gasteiger partial charge on any atom is -0.505 e. The molecule has 0 unspecified atom stereocenters. The van der Waals surface area contributed by atoms with Crippen molar-refractivity contribution in [2.24, 2.45) is 0 Å². The number of nitrogens with zero attached hydrogens (tertiary/aromatic N) is 2. The average Bonchev–Trinajstić information content (AvgIpc) is 2.81. The molecule has 3 aromatic rings. The Bertz CT molecular complexity index is 1230. The van der Waals surface area contributed by atoms with Gasteiger partial charge in [-0.1, -0.05) is 12.1 Å². The van der Waals surface area contributed by atoms with Gasteiger partial charge in [-0.25, -0.2) is 9.18 Å². The van der Waals surface area contributed by atoms with Crippen molar-refractivity contribution < 1.29 is 28.9 Å². The van der Waals surface area contributed by atoms with Crippen LogP contribution in [0.5, 0.6) is 5.75 Å². The Kier molecular flexibility index (Phi) is 7.57. The van der Waals surface area contributed by atoms with E-state index in [-0.39, 0.29) is 43.1 Å². The molecule has 0 radical (unpaired) electrons. The van der Waals surface area contributed by atoms with Gasteiger partial charge in [-0.05, 0) is 35.7 Å². The van der Waals surface area contributed by atoms with Crippen LogP contribution in [0, 0.1) is 5.82 Å². The Morgan fingerprint density at radius 2 is 1.88 bits per heavy atom. The molecule has 10 nitrogen and oxygen atoms in total. The highest BCUT2D eigenvalue weighted by molar-refractivity contribution is 6.01. The smallest absolute Gasteiger partial charge is 0.406 e. The summed E-state index contributed by atoms with van der Waals surface area (Å²) in [6.45, 7) is -0.481. The monoisotopic (exact) mass is 458 g/mol. The molecule has 2 heterocycles. The summed E-state index contributed by atoms with van der Waals surface area (Å²) < 4.78 is 18.9. The number of carbonyl (C=O) groups excluding carboxylic acids is 2. The van der Waals surface area contributed by atoms with E-state index in [0.717, 1.165) is 5.56 Å². The van der Waals surface area contributed by atoms with E-state index >= 15 is 0 Å². The lowest BCUT2D eigenvalue weighted by molar-refractivity contribution is 0.0940. The standard InChI is InChI=1S/C22H23FN4O6/c1-33-22(32)25-6-8-27-16-11-14(10-13-2-4-15(23)5-3-13)12-26-18(16)19(29)17(21(27)31)20(30)24-7-9-28/h2-5,11-12,28-29H,6-10H2,1H3,(H,24,30)(H,25,32). The number of pyridine rings is 2. The van der Waals surface area contributed by atoms with Gasteiger partial charge >= 0.3 is 6.09 Å². The van der Waals surface area contributed by atoms with Crippen LogP contribution >= 0.6 is 0 Å². The summed E-state index contributed by atoms with van der Waals surface area (Å²) in [7, 11) is 1.20. The second-order valence-corrected chi connectivity index (χ2v) is 7.09. The zero-order valence-corrected chi connectivity index (χ0v) is 17.8. The number of aliphatic hydroxyl groups excluding tert-OH is 1. The summed E-state index contributed by atoms with van der Waals surface area (Å²) in [4.78, 5) is 41.2. The average molecular weight is 458 g/mol. The van der Waals surface area contributed by atoms with Crippen molar-refractivity contribution >= 4 is 23.0 Å². The molecule has 11 heteroatoms. The molecule has 0 spiro atoms. The lowest BCUT2D eigenvalue weighted by atomic mass is 10.1. The molecule has 2 amide bonds. The third-order valence-electron chi connectivity index (χ3n) is 4.87. The predicted molar refractivity (Wildman–Crippen MR) is 117 cm³/mol. The summed E-state index contributed by atoms with van der Waals surface area (Å²) in [5.74, 6) is -1.81. The largest absolute Gasteiger partial charge is 0.505 e. The number of aliphatic hydroxyl groups is 1. The number of methoxy groups -OCH3 is 1. The second kappa shape index (κ2) is 10.6. The van der Waals surface area contributed by atoms with E-state index < -0.39 is 28.9 Å². The summed E-state index contributed by atoms with van der Waals surface area (Å²) >= 11 is 0. The van der Waals surface area contributed by atoms with Crippen molar-refractivity contribution in [3.63, 3.8) is 0 Å². The van der Waals surface area contributed by atoms with Gasteiger partial charge in [0.25, 0.3) is 11.5 Å². The number of nitrogens with one attached hydrogen (secondary N) is 2. The first-order chi connectivity index (χ1) is 15.8. The Labute approximate surface area is 187 Å². The number of aromatic hydroxyl groups is 1. The van der Waals surface area contributed by atoms with Crippen molar-refractivity contribution in [2.75, 3.05) is 26.8 Å². The Balaban J connectivity index is 2.08. The maximum Gasteiger partial charge on any atom is 0.406 e. The number of fused-ring (bicyclic) bond motifs is 1. The van der Waals surface area contributed by atoms with Crippen molar-refractivity contribution in [3.05, 3.63) is 69.4 Å². The molecule has 0 saturated heterocycles. The van der Waals surface area contributed by atoms with E-state index in [1.165, 1.54) is 30.0 Å². The molecule has 2 aromatic heterocycles. The molecule has 174 valence electrons. The van der Waals surface area contributed by atoms with E-state index in [2.05, 4.69) is 20.4 Å². The van der Waals surface area contributed by atoms with Crippen LogP contribution in [-0.2, 0) is 17.7 Å². The van der Waals surface area contributed by atoms with Crippen molar-refractivity contribution in [1.29, 1.82) is 0 Å². The van der Waals surface area contributed by atoms with Crippen molar-refractivity contribution in [3.8, 4) is 5.75 Å². The lowest BCUT2D eigenvalue weighted by Crippen LogP contribution is -2.37. The van der Waals surface area contributed by atoms with E-state index in [9.17, 15) is 23.9 Å². The van der Waals surface area contributed by atoms with Gasteiger partial charge in [0.05, 0.1) is 19.2 Å². The normalized spacial score (nSPS) is 10.8. The minimum absolute atomic E-state index is 0.00629. The highest BCUT2D eigenvalue weighted by atomic mass is 19.1. The second-order valence-electron chi connectivity index (χ2n) is 7.09. The summed E-state index contributed by atoms with van der Waals surface area (Å²) in [5, 5.41) is 24.4. The van der Waals surface area contributed by atoms with Gasteiger partial charge in [-0.2, -0.15) is 0 Å². The van der Waals surface area contributed by atoms with Crippen LogP contribution in [0.15, 0.2) is 41.3 Å². The number of amides is 2. The molecule has 0 atom stereocenters. The molecule has 0 aliphatic carbocycles. The van der Waals surface area contributed by atoms with Crippen LogP contribution in [0.2, 0.25) is 0 Å². The number of hydrogen-bond acceptors (Lipinski definition) is 7. The SMILES string of the molecule is COC(=O)NCCn1c(=O)c(C(=O)NCCO)c(O)c2ncc(Cc3ccc(F)cc3)cc21. The number of rotatable bonds is 8. The molecule has 0 bridgehead atoms. The number of alkyl carbamates (subject to hydrolysis) is 1. The summed E-state index contributed by atoms with van der Waals surface area (Å²) in [5.41, 5.74) is 0.450. The fourth-order valence-corrected chi connectivity index (χ4v) is 3.31. The third-order valence-corrected chi connectivity index (χ3v) is 4.87. The zero-order chi connectivity index (χ0) is 24.0. The Morgan fingerprint density at radius 3 is 2.55 bits per heavy atom. The molecule has 0 aliphatic rings. The van der Waals surface area contributed by atoms with Crippen LogP contribution in [0.1, 0.15) is 21.5 Å². The zero-order valence-electron chi connectivity index (χ0n) is 17.8. The van der Waals surface area contributed by atoms with Gasteiger partial charge in [-0.15, -0.1) is 0 Å². The fraction of sp³-hybridized carbons (Fsp3) is 0.273. The first-order valence-corrected chi connectivity index (χ1v) is 10.1. The van der Waals surface area contributed by atoms with Crippen LogP contribution in [0.4, 0.5) is 9.18 Å². The van der Waals surface area contributed by atoms with Crippen molar-refractivity contribution in [2.45, 2.75) is 13.0 Å². The maximum absolute atomic E-state index is 13.2. The number of hydrogen-bond donors (Lipinski definition) is 4. The Morgan fingerprint density at radius 1 is 1.15 bits per heavy atom. The molecule has 0 fully saturated rings. The highest BCUT2D eigenvalue weighted by Gasteiger charge is 2.23. The quantitative estimate of drug-likeness (QED) is 0.393. The first-order valence-electron chi connectivity index (χ1n) is 10.1. The lowest BCUT2D eigenvalue weighted by Gasteiger charge is -2.15. The van der Waals surface area contributed by atoms with Crippen LogP contribution in [0.3, 0.4) is 0 Å². The van der Waals surface area contributed by atoms with Gasteiger partial charge in [-0.3, -0.25) is 14.6 Å². The summed E-state index contributed by atoms with van der Waals surface area (Å²) in [6.07, 6.45) is 1.18. The fourth-order valence-electron chi connectivity index (χ4n) is 3.31. The molecule has 4 N–H and O–H groups in total. The Hall–Kier alpha value is -3.99. The van der Waals surface area contributed by atoms with E-state index in [4.69, 9.17) is 5.11 Å². The number of carbonyl (C=O) groups is 2. The van der Waals surface area contributed by atoms with Crippen LogP contribution < -0.4 is 16.2 Å². The molecule has 1 aromatic carbocycles. The highest BCUT2D eigenvalue weighted by Crippen LogP contribution is 2.26. The maximum atomic E-state index is 13.2. The topological polar surface area (TPSA) is 143 Å². The molecular weight excluding hydrogens is 435 g/mol. The third kappa shape index (κ3) is 5.44. The van der Waals surface area contributed by atoms with Crippen LogP contribution in [0.25, 0.3) is 11.0 Å². The van der Waals surface area contributed by atoms with E-state index in [0.29, 0.717) is 12.0 Å². The number of aromatic nitrogens is 2. The van der Waals surface area contributed by atoms with Gasteiger partial charge < -0.3 is 30.2 Å². The molecule has 0 saturated carbocycles.